The van der Waals surface area contributed by atoms with E-state index in [2.05, 4.69) is 15.6 Å². The Hall–Kier alpha value is -0.680. The minimum absolute atomic E-state index is 0.385. The molecule has 0 aromatic carbocycles. The van der Waals surface area contributed by atoms with E-state index in [0.717, 1.165) is 6.08 Å². The van der Waals surface area contributed by atoms with Crippen molar-refractivity contribution in [3.8, 4) is 0 Å². The summed E-state index contributed by atoms with van der Waals surface area (Å²) in [7, 11) is -1.28. The zero-order chi connectivity index (χ0) is 12.6. The second-order valence-corrected chi connectivity index (χ2v) is 4.61. The lowest BCUT2D eigenvalue weighted by Crippen LogP contribution is -2.19. The van der Waals surface area contributed by atoms with Crippen molar-refractivity contribution < 1.29 is 27.7 Å². The fourth-order valence-electron chi connectivity index (χ4n) is 0.851. The number of phosphoric ester groups is 1. The SMILES string of the molecule is C=CC(=O)OC(CCC)OP(=O)(OC)OC. The van der Waals surface area contributed by atoms with Crippen LogP contribution in [0.15, 0.2) is 12.7 Å². The van der Waals surface area contributed by atoms with Crippen LogP contribution in [0.4, 0.5) is 0 Å². The van der Waals surface area contributed by atoms with Crippen LogP contribution in [0, 0.1) is 0 Å². The van der Waals surface area contributed by atoms with Crippen molar-refractivity contribution in [2.24, 2.45) is 0 Å². The van der Waals surface area contributed by atoms with Gasteiger partial charge < -0.3 is 4.74 Å². The van der Waals surface area contributed by atoms with E-state index in [1.165, 1.54) is 14.2 Å². The third-order valence-corrected chi connectivity index (χ3v) is 3.02. The van der Waals surface area contributed by atoms with E-state index >= 15 is 0 Å². The molecule has 1 unspecified atom stereocenters. The van der Waals surface area contributed by atoms with E-state index in [4.69, 9.17) is 9.26 Å². The molecule has 6 nitrogen and oxygen atoms in total. The third kappa shape index (κ3) is 5.42. The molecule has 0 rings (SSSR count). The van der Waals surface area contributed by atoms with Gasteiger partial charge >= 0.3 is 13.8 Å². The lowest BCUT2D eigenvalue weighted by Gasteiger charge is -2.20. The fourth-order valence-corrected chi connectivity index (χ4v) is 1.61. The molecule has 0 amide bonds. The van der Waals surface area contributed by atoms with Gasteiger partial charge in [-0.25, -0.2) is 13.9 Å². The molecule has 16 heavy (non-hydrogen) atoms. The molecule has 0 aliphatic carbocycles. The highest BCUT2D eigenvalue weighted by molar-refractivity contribution is 7.48. The molecule has 7 heteroatoms. The first-order chi connectivity index (χ1) is 7.51. The minimum atomic E-state index is -3.65. The molecule has 0 bridgehead atoms. The molecule has 94 valence electrons. The Balaban J connectivity index is 4.48. The van der Waals surface area contributed by atoms with Crippen molar-refractivity contribution in [2.45, 2.75) is 26.1 Å². The van der Waals surface area contributed by atoms with Crippen molar-refractivity contribution in [2.75, 3.05) is 14.2 Å². The summed E-state index contributed by atoms with van der Waals surface area (Å²) >= 11 is 0. The molecule has 0 aromatic heterocycles. The predicted octanol–water partition coefficient (Wildman–Crippen LogP) is 2.26. The molecular weight excluding hydrogens is 235 g/mol. The molecule has 0 spiro atoms. The summed E-state index contributed by atoms with van der Waals surface area (Å²) in [5.41, 5.74) is 0. The topological polar surface area (TPSA) is 71.1 Å². The van der Waals surface area contributed by atoms with Gasteiger partial charge in [0.2, 0.25) is 6.29 Å². The van der Waals surface area contributed by atoms with Gasteiger partial charge in [0, 0.05) is 26.7 Å². The van der Waals surface area contributed by atoms with Gasteiger partial charge in [-0.3, -0.25) is 9.05 Å². The van der Waals surface area contributed by atoms with Gasteiger partial charge in [-0.1, -0.05) is 19.9 Å². The summed E-state index contributed by atoms with van der Waals surface area (Å²) < 4.78 is 30.6. The molecule has 0 saturated carbocycles. The first-order valence-electron chi connectivity index (χ1n) is 4.74. The van der Waals surface area contributed by atoms with Crippen molar-refractivity contribution >= 4 is 13.8 Å². The number of rotatable bonds is 8. The van der Waals surface area contributed by atoms with Gasteiger partial charge in [0.15, 0.2) is 0 Å². The Kier molecular flexibility index (Phi) is 7.25. The Morgan fingerprint density at radius 3 is 2.38 bits per heavy atom. The first kappa shape index (κ1) is 15.3. The van der Waals surface area contributed by atoms with E-state index < -0.39 is 20.1 Å². The summed E-state index contributed by atoms with van der Waals surface area (Å²) in [6, 6.07) is 0. The normalized spacial score (nSPS) is 13.2. The van der Waals surface area contributed by atoms with Gasteiger partial charge in [-0.15, -0.1) is 0 Å². The molecule has 0 heterocycles. The Morgan fingerprint density at radius 1 is 1.44 bits per heavy atom. The average molecular weight is 252 g/mol. The quantitative estimate of drug-likeness (QED) is 0.285. The van der Waals surface area contributed by atoms with Crippen molar-refractivity contribution in [1.82, 2.24) is 0 Å². The first-order valence-corrected chi connectivity index (χ1v) is 6.20. The van der Waals surface area contributed by atoms with Gasteiger partial charge in [0.25, 0.3) is 0 Å². The van der Waals surface area contributed by atoms with Crippen molar-refractivity contribution in [1.29, 1.82) is 0 Å². The average Bonchev–Trinajstić information content (AvgIpc) is 2.29. The highest BCUT2D eigenvalue weighted by Crippen LogP contribution is 2.49. The molecule has 0 radical (unpaired) electrons. The summed E-state index contributed by atoms with van der Waals surface area (Å²) in [5, 5.41) is 0. The van der Waals surface area contributed by atoms with Crippen LogP contribution in [0.1, 0.15) is 19.8 Å². The molecule has 0 fully saturated rings. The standard InChI is InChI=1S/C9H17O6P/c1-5-7-9(14-8(10)6-2)15-16(11,12-3)13-4/h6,9H,2,5,7H2,1,3-4H3. The molecule has 0 aromatic rings. The molecule has 1 atom stereocenters. The lowest BCUT2D eigenvalue weighted by molar-refractivity contribution is -0.160. The highest BCUT2D eigenvalue weighted by atomic mass is 31.2. The summed E-state index contributed by atoms with van der Waals surface area (Å²) in [6.45, 7) is 5.11. The van der Waals surface area contributed by atoms with Crippen LogP contribution < -0.4 is 0 Å². The van der Waals surface area contributed by atoms with Gasteiger partial charge in [0.1, 0.15) is 0 Å². The monoisotopic (exact) mass is 252 g/mol. The number of carbonyl (C=O) groups excluding carboxylic acids is 1. The fraction of sp³-hybridized carbons (Fsp3) is 0.667. The zero-order valence-corrected chi connectivity index (χ0v) is 10.6. The zero-order valence-electron chi connectivity index (χ0n) is 9.67. The molecule has 0 N–H and O–H groups in total. The van der Waals surface area contributed by atoms with E-state index in [9.17, 15) is 9.36 Å². The Labute approximate surface area is 95.1 Å². The van der Waals surface area contributed by atoms with Crippen LogP contribution in [-0.2, 0) is 27.7 Å². The summed E-state index contributed by atoms with van der Waals surface area (Å²) in [5.74, 6) is -0.655. The molecule has 0 aliphatic heterocycles. The third-order valence-electron chi connectivity index (χ3n) is 1.63. The highest BCUT2D eigenvalue weighted by Gasteiger charge is 2.29. The lowest BCUT2D eigenvalue weighted by atomic mass is 10.3. The maximum atomic E-state index is 11.6. The predicted molar refractivity (Wildman–Crippen MR) is 57.7 cm³/mol. The maximum absolute atomic E-state index is 11.6. The van der Waals surface area contributed by atoms with Gasteiger partial charge in [0.05, 0.1) is 0 Å². The number of ether oxygens (including phenoxy) is 1. The second-order valence-electron chi connectivity index (χ2n) is 2.78. The number of hydrogen-bond donors (Lipinski definition) is 0. The number of carbonyl (C=O) groups is 1. The largest absolute Gasteiger partial charge is 0.477 e. The smallest absolute Gasteiger partial charge is 0.432 e. The van der Waals surface area contributed by atoms with Gasteiger partial charge in [-0.2, -0.15) is 0 Å². The number of hydrogen-bond acceptors (Lipinski definition) is 6. The molecule has 0 aliphatic rings. The van der Waals surface area contributed by atoms with Crippen LogP contribution in [0.25, 0.3) is 0 Å². The Morgan fingerprint density at radius 2 is 2.00 bits per heavy atom. The van der Waals surface area contributed by atoms with E-state index in [1.54, 1.807) is 0 Å². The van der Waals surface area contributed by atoms with Crippen LogP contribution in [-0.4, -0.2) is 26.5 Å². The second kappa shape index (κ2) is 7.57. The van der Waals surface area contributed by atoms with Crippen molar-refractivity contribution in [3.63, 3.8) is 0 Å². The van der Waals surface area contributed by atoms with E-state index in [0.29, 0.717) is 12.8 Å². The van der Waals surface area contributed by atoms with E-state index in [-0.39, 0.29) is 0 Å². The molecular formula is C9H17O6P. The summed E-state index contributed by atoms with van der Waals surface area (Å²) in [4.78, 5) is 11.0. The van der Waals surface area contributed by atoms with E-state index in [1.807, 2.05) is 6.92 Å². The van der Waals surface area contributed by atoms with Crippen LogP contribution >= 0.6 is 7.82 Å². The Bertz CT molecular complexity index is 269. The summed E-state index contributed by atoms with van der Waals surface area (Å²) in [6.07, 6.45) is 1.09. The number of esters is 1. The van der Waals surface area contributed by atoms with Crippen LogP contribution in [0.2, 0.25) is 0 Å². The minimum Gasteiger partial charge on any atom is -0.432 e. The number of phosphoric acid groups is 1. The van der Waals surface area contributed by atoms with Crippen LogP contribution in [0.5, 0.6) is 0 Å². The van der Waals surface area contributed by atoms with Crippen LogP contribution in [0.3, 0.4) is 0 Å². The van der Waals surface area contributed by atoms with Crippen molar-refractivity contribution in [3.05, 3.63) is 12.7 Å². The maximum Gasteiger partial charge on any atom is 0.477 e. The van der Waals surface area contributed by atoms with Gasteiger partial charge in [-0.05, 0) is 0 Å². The molecule has 0 saturated heterocycles.